The predicted molar refractivity (Wildman–Crippen MR) is 90.0 cm³/mol. The Bertz CT molecular complexity index is 421. The molecule has 3 N–H and O–H groups in total. The minimum Gasteiger partial charge on any atom is -0.444 e. The Balaban J connectivity index is 4.69. The van der Waals surface area contributed by atoms with Gasteiger partial charge in [0.1, 0.15) is 17.8 Å². The van der Waals surface area contributed by atoms with Crippen molar-refractivity contribution in [2.75, 3.05) is 26.4 Å². The third-order valence-electron chi connectivity index (χ3n) is 1.95. The van der Waals surface area contributed by atoms with Crippen molar-refractivity contribution in [1.29, 1.82) is 0 Å². The molecule has 0 bridgehead atoms. The van der Waals surface area contributed by atoms with Gasteiger partial charge in [0.15, 0.2) is 0 Å². The van der Waals surface area contributed by atoms with Gasteiger partial charge >= 0.3 is 12.2 Å². The number of aliphatic hydroxyl groups is 1. The Hall–Kier alpha value is -2.07. The molecule has 0 fully saturated rings. The Labute approximate surface area is 147 Å². The van der Waals surface area contributed by atoms with Crippen LogP contribution in [-0.2, 0) is 19.0 Å². The van der Waals surface area contributed by atoms with E-state index in [2.05, 4.69) is 15.8 Å². The van der Waals surface area contributed by atoms with E-state index in [-0.39, 0.29) is 32.4 Å². The van der Waals surface area contributed by atoms with Gasteiger partial charge in [0.25, 0.3) is 5.96 Å². The largest absolute Gasteiger partial charge is 0.444 e. The molecule has 2 amide bonds. The zero-order valence-electron chi connectivity index (χ0n) is 15.7. The normalized spacial score (nSPS) is 11.3. The van der Waals surface area contributed by atoms with Crippen LogP contribution in [0.2, 0.25) is 0 Å². The second-order valence-corrected chi connectivity index (χ2v) is 6.86. The number of alkyl carbamates (subject to hydrolysis) is 2. The second-order valence-electron chi connectivity index (χ2n) is 6.86. The summed E-state index contributed by atoms with van der Waals surface area (Å²) < 4.78 is 15.1. The molecule has 146 valence electrons. The van der Waals surface area contributed by atoms with Crippen LogP contribution in [0.4, 0.5) is 9.59 Å². The number of hydrogen-bond acceptors (Lipinski definition) is 8. The average Bonchev–Trinajstić information content (AvgIpc) is 2.37. The van der Waals surface area contributed by atoms with Gasteiger partial charge in [-0.25, -0.2) is 9.59 Å². The number of carbonyl (C=O) groups is 2. The zero-order chi connectivity index (χ0) is 19.5. The summed E-state index contributed by atoms with van der Waals surface area (Å²) >= 11 is 0. The van der Waals surface area contributed by atoms with Crippen LogP contribution in [0.5, 0.6) is 0 Å². The lowest BCUT2D eigenvalue weighted by molar-refractivity contribution is 0.0333. The van der Waals surface area contributed by atoms with Gasteiger partial charge in [0, 0.05) is 0 Å². The summed E-state index contributed by atoms with van der Waals surface area (Å²) in [6.45, 7) is 10.5. The molecular formula is C15H29N3O7. The Morgan fingerprint density at radius 2 is 1.36 bits per heavy atom. The van der Waals surface area contributed by atoms with E-state index in [1.807, 2.05) is 0 Å². The van der Waals surface area contributed by atoms with Gasteiger partial charge < -0.3 is 24.2 Å². The van der Waals surface area contributed by atoms with Gasteiger partial charge in [-0.2, -0.15) is 0 Å². The van der Waals surface area contributed by atoms with Crippen LogP contribution < -0.4 is 10.6 Å². The van der Waals surface area contributed by atoms with Crippen molar-refractivity contribution in [2.45, 2.75) is 52.7 Å². The fraction of sp³-hybridized carbons (Fsp3) is 0.800. The van der Waals surface area contributed by atoms with E-state index in [0.717, 1.165) is 0 Å². The second kappa shape index (κ2) is 10.7. The van der Waals surface area contributed by atoms with E-state index < -0.39 is 23.4 Å². The molecule has 0 rings (SSSR count). The SMILES string of the molecule is CC(C)(C)OC(=O)NC(=NOCCOCCO)NC(=O)OC(C)(C)C. The topological polar surface area (TPSA) is 128 Å². The maximum absolute atomic E-state index is 11.8. The number of oxime groups is 1. The first-order valence-electron chi connectivity index (χ1n) is 7.81. The van der Waals surface area contributed by atoms with Gasteiger partial charge in [-0.1, -0.05) is 0 Å². The molecule has 10 heteroatoms. The number of nitrogens with zero attached hydrogens (tertiary/aromatic N) is 1. The molecule has 0 saturated carbocycles. The molecule has 0 aromatic heterocycles. The van der Waals surface area contributed by atoms with E-state index in [4.69, 9.17) is 24.2 Å². The summed E-state index contributed by atoms with van der Waals surface area (Å²) in [4.78, 5) is 28.5. The smallest absolute Gasteiger partial charge is 0.414 e. The maximum atomic E-state index is 11.8. The molecule has 0 spiro atoms. The summed E-state index contributed by atoms with van der Waals surface area (Å²) in [6.07, 6.45) is -1.63. The van der Waals surface area contributed by atoms with Crippen LogP contribution in [-0.4, -0.2) is 60.9 Å². The van der Waals surface area contributed by atoms with Crippen molar-refractivity contribution >= 4 is 18.1 Å². The van der Waals surface area contributed by atoms with Crippen LogP contribution in [0.1, 0.15) is 41.5 Å². The molecule has 0 radical (unpaired) electrons. The van der Waals surface area contributed by atoms with Gasteiger partial charge in [-0.15, -0.1) is 0 Å². The van der Waals surface area contributed by atoms with Crippen molar-refractivity contribution in [3.63, 3.8) is 0 Å². The lowest BCUT2D eigenvalue weighted by Crippen LogP contribution is -2.47. The molecule has 0 aliphatic heterocycles. The number of rotatable bonds is 6. The van der Waals surface area contributed by atoms with Crippen LogP contribution >= 0.6 is 0 Å². The van der Waals surface area contributed by atoms with E-state index in [1.54, 1.807) is 41.5 Å². The number of guanidine groups is 1. The first kappa shape index (κ1) is 22.9. The summed E-state index contributed by atoms with van der Waals surface area (Å²) in [6, 6.07) is 0. The number of hydrogen-bond donors (Lipinski definition) is 3. The molecule has 0 unspecified atom stereocenters. The van der Waals surface area contributed by atoms with E-state index in [9.17, 15) is 9.59 Å². The molecule has 0 aliphatic rings. The third-order valence-corrected chi connectivity index (χ3v) is 1.95. The highest BCUT2D eigenvalue weighted by Crippen LogP contribution is 2.07. The molecular weight excluding hydrogens is 334 g/mol. The number of aliphatic hydroxyl groups excluding tert-OH is 1. The fourth-order valence-corrected chi connectivity index (χ4v) is 1.25. The first-order valence-corrected chi connectivity index (χ1v) is 7.81. The minimum atomic E-state index is -0.817. The Morgan fingerprint density at radius 1 is 0.880 bits per heavy atom. The zero-order valence-corrected chi connectivity index (χ0v) is 15.7. The number of nitrogens with one attached hydrogen (secondary N) is 2. The molecule has 25 heavy (non-hydrogen) atoms. The molecule has 0 saturated heterocycles. The van der Waals surface area contributed by atoms with Crippen LogP contribution in [0.15, 0.2) is 5.16 Å². The fourth-order valence-electron chi connectivity index (χ4n) is 1.25. The summed E-state index contributed by atoms with van der Waals surface area (Å²) in [5.41, 5.74) is -1.44. The molecule has 0 aromatic rings. The highest BCUT2D eigenvalue weighted by atomic mass is 16.6. The summed E-state index contributed by atoms with van der Waals surface area (Å²) in [5, 5.41) is 16.7. The number of ether oxygens (including phenoxy) is 3. The monoisotopic (exact) mass is 363 g/mol. The van der Waals surface area contributed by atoms with Gasteiger partial charge in [0.2, 0.25) is 0 Å². The van der Waals surface area contributed by atoms with Crippen molar-refractivity contribution in [3.05, 3.63) is 0 Å². The minimum absolute atomic E-state index is 0.0511. The van der Waals surface area contributed by atoms with Crippen LogP contribution in [0, 0.1) is 0 Å². The van der Waals surface area contributed by atoms with E-state index >= 15 is 0 Å². The van der Waals surface area contributed by atoms with Gasteiger partial charge in [-0.05, 0) is 46.7 Å². The van der Waals surface area contributed by atoms with Crippen molar-refractivity contribution < 1.29 is 33.7 Å². The van der Waals surface area contributed by atoms with Crippen molar-refractivity contribution in [3.8, 4) is 0 Å². The summed E-state index contributed by atoms with van der Waals surface area (Å²) in [7, 11) is 0. The van der Waals surface area contributed by atoms with E-state index in [1.165, 1.54) is 0 Å². The molecule has 0 atom stereocenters. The highest BCUT2D eigenvalue weighted by molar-refractivity contribution is 6.01. The Kier molecular flexibility index (Phi) is 9.84. The third kappa shape index (κ3) is 15.2. The molecule has 0 heterocycles. The van der Waals surface area contributed by atoms with Gasteiger partial charge in [0.05, 0.1) is 19.8 Å². The number of carbonyl (C=O) groups excluding carboxylic acids is 2. The molecule has 0 aromatic carbocycles. The summed E-state index contributed by atoms with van der Waals surface area (Å²) in [5.74, 6) is -0.286. The maximum Gasteiger partial charge on any atom is 0.414 e. The lowest BCUT2D eigenvalue weighted by atomic mass is 10.2. The molecule has 10 nitrogen and oxygen atoms in total. The Morgan fingerprint density at radius 3 is 1.76 bits per heavy atom. The average molecular weight is 363 g/mol. The van der Waals surface area contributed by atoms with Crippen LogP contribution in [0.3, 0.4) is 0 Å². The predicted octanol–water partition coefficient (Wildman–Crippen LogP) is 1.33. The highest BCUT2D eigenvalue weighted by Gasteiger charge is 2.21. The molecule has 0 aliphatic carbocycles. The van der Waals surface area contributed by atoms with E-state index in [0.29, 0.717) is 0 Å². The lowest BCUT2D eigenvalue weighted by Gasteiger charge is -2.21. The van der Waals surface area contributed by atoms with Crippen LogP contribution in [0.25, 0.3) is 0 Å². The number of amides is 2. The standard InChI is InChI=1S/C15H29N3O7/c1-14(2,3)24-12(20)16-11(17-13(21)25-15(4,5)6)18-23-10-9-22-8-7-19/h19H,7-10H2,1-6H3,(H2,16,17,18,20,21). The first-order chi connectivity index (χ1) is 11.4. The van der Waals surface area contributed by atoms with Gasteiger partial charge in [-0.3, -0.25) is 10.6 Å². The quantitative estimate of drug-likeness (QED) is 0.281. The van der Waals surface area contributed by atoms with Crippen molar-refractivity contribution in [1.82, 2.24) is 10.6 Å². The van der Waals surface area contributed by atoms with Crippen molar-refractivity contribution in [2.24, 2.45) is 5.16 Å².